The molecule has 20 heavy (non-hydrogen) atoms. The van der Waals surface area contributed by atoms with Crippen LogP contribution in [0.1, 0.15) is 40.7 Å². The lowest BCUT2D eigenvalue weighted by Crippen LogP contribution is -2.01. The van der Waals surface area contributed by atoms with Crippen LogP contribution in [0.5, 0.6) is 0 Å². The lowest BCUT2D eigenvalue weighted by molar-refractivity contribution is -0.142. The van der Waals surface area contributed by atoms with Gasteiger partial charge in [0.2, 0.25) is 0 Å². The van der Waals surface area contributed by atoms with Gasteiger partial charge in [0.25, 0.3) is 0 Å². The number of thiophene rings is 1. The van der Waals surface area contributed by atoms with E-state index in [1.807, 2.05) is 0 Å². The standard InChI is InChI=1S/C14H14O5S/c1-2-19-14(18)5-3-4-10-6-8-12(20-10)11(15)7-9-13(16)17/h6,8H,2,5,7,9H2,1H3,(H,16,17). The second-order valence-corrected chi connectivity index (χ2v) is 4.85. The highest BCUT2D eigenvalue weighted by molar-refractivity contribution is 7.14. The molecule has 5 nitrogen and oxygen atoms in total. The number of aliphatic carboxylic acids is 1. The third kappa shape index (κ3) is 5.67. The van der Waals surface area contributed by atoms with E-state index < -0.39 is 5.97 Å². The van der Waals surface area contributed by atoms with Crippen LogP contribution in [0.4, 0.5) is 0 Å². The van der Waals surface area contributed by atoms with Crippen molar-refractivity contribution in [2.45, 2.75) is 26.2 Å². The van der Waals surface area contributed by atoms with Crippen LogP contribution in [0.3, 0.4) is 0 Å². The maximum atomic E-state index is 11.7. The maximum Gasteiger partial charge on any atom is 0.317 e. The van der Waals surface area contributed by atoms with Gasteiger partial charge in [-0.15, -0.1) is 11.3 Å². The van der Waals surface area contributed by atoms with Gasteiger partial charge < -0.3 is 9.84 Å². The molecule has 0 aliphatic heterocycles. The summed E-state index contributed by atoms with van der Waals surface area (Å²) >= 11 is 1.19. The number of rotatable bonds is 6. The number of esters is 1. The molecule has 0 unspecified atom stereocenters. The van der Waals surface area contributed by atoms with Crippen LogP contribution in [0.15, 0.2) is 12.1 Å². The first-order valence-corrected chi connectivity index (χ1v) is 6.84. The summed E-state index contributed by atoms with van der Waals surface area (Å²) < 4.78 is 4.73. The van der Waals surface area contributed by atoms with Gasteiger partial charge in [-0.1, -0.05) is 11.8 Å². The van der Waals surface area contributed by atoms with Crippen LogP contribution >= 0.6 is 11.3 Å². The average Bonchev–Trinajstić information content (AvgIpc) is 2.85. The van der Waals surface area contributed by atoms with Crippen molar-refractivity contribution in [3.05, 3.63) is 21.9 Å². The minimum atomic E-state index is -0.996. The van der Waals surface area contributed by atoms with Crippen molar-refractivity contribution in [2.24, 2.45) is 0 Å². The number of carboxylic acids is 1. The number of ether oxygens (including phenoxy) is 1. The number of carbonyl (C=O) groups excluding carboxylic acids is 2. The molecule has 0 atom stereocenters. The molecular formula is C14H14O5S. The van der Waals surface area contributed by atoms with E-state index in [1.165, 1.54) is 11.3 Å². The van der Waals surface area contributed by atoms with Crippen molar-refractivity contribution >= 4 is 29.1 Å². The van der Waals surface area contributed by atoms with E-state index in [2.05, 4.69) is 11.8 Å². The summed E-state index contributed by atoms with van der Waals surface area (Å²) in [5, 5.41) is 8.51. The quantitative estimate of drug-likeness (QED) is 0.493. The highest BCUT2D eigenvalue weighted by Crippen LogP contribution is 2.17. The van der Waals surface area contributed by atoms with Gasteiger partial charge in [-0.2, -0.15) is 0 Å². The van der Waals surface area contributed by atoms with Crippen molar-refractivity contribution in [1.82, 2.24) is 0 Å². The average molecular weight is 294 g/mol. The summed E-state index contributed by atoms with van der Waals surface area (Å²) in [4.78, 5) is 34.2. The fraction of sp³-hybridized carbons (Fsp3) is 0.357. The van der Waals surface area contributed by atoms with Crippen molar-refractivity contribution in [3.63, 3.8) is 0 Å². The van der Waals surface area contributed by atoms with Crippen LogP contribution in [0.2, 0.25) is 0 Å². The van der Waals surface area contributed by atoms with Gasteiger partial charge in [-0.05, 0) is 19.1 Å². The lowest BCUT2D eigenvalue weighted by atomic mass is 10.2. The summed E-state index contributed by atoms with van der Waals surface area (Å²) in [5.41, 5.74) is 0. The molecule has 0 bridgehead atoms. The Hall–Kier alpha value is -2.13. The molecule has 1 aromatic rings. The summed E-state index contributed by atoms with van der Waals surface area (Å²) in [6.45, 7) is 2.04. The van der Waals surface area contributed by atoms with Crippen LogP contribution in [-0.2, 0) is 14.3 Å². The third-order valence-electron chi connectivity index (χ3n) is 2.20. The van der Waals surface area contributed by atoms with E-state index in [4.69, 9.17) is 9.84 Å². The second-order valence-electron chi connectivity index (χ2n) is 3.76. The van der Waals surface area contributed by atoms with Crippen molar-refractivity contribution < 1.29 is 24.2 Å². The van der Waals surface area contributed by atoms with E-state index in [9.17, 15) is 14.4 Å². The molecule has 0 fully saturated rings. The molecule has 6 heteroatoms. The molecule has 0 saturated carbocycles. The maximum absolute atomic E-state index is 11.7. The van der Waals surface area contributed by atoms with E-state index in [0.717, 1.165) is 0 Å². The predicted molar refractivity (Wildman–Crippen MR) is 73.6 cm³/mol. The normalized spacial score (nSPS) is 9.45. The zero-order valence-electron chi connectivity index (χ0n) is 11.0. The van der Waals surface area contributed by atoms with E-state index >= 15 is 0 Å². The van der Waals surface area contributed by atoms with Crippen molar-refractivity contribution in [1.29, 1.82) is 0 Å². The number of Topliss-reactive ketones (excluding diaryl/α,β-unsaturated/α-hetero) is 1. The molecule has 106 valence electrons. The van der Waals surface area contributed by atoms with Crippen LogP contribution in [0.25, 0.3) is 0 Å². The van der Waals surface area contributed by atoms with E-state index in [-0.39, 0.29) is 31.0 Å². The summed E-state index contributed by atoms with van der Waals surface area (Å²) in [6, 6.07) is 3.29. The van der Waals surface area contributed by atoms with Gasteiger partial charge in [-0.25, -0.2) is 0 Å². The van der Waals surface area contributed by atoms with Gasteiger partial charge in [-0.3, -0.25) is 14.4 Å². The molecule has 0 spiro atoms. The summed E-state index contributed by atoms with van der Waals surface area (Å²) in [7, 11) is 0. The number of ketones is 1. The highest BCUT2D eigenvalue weighted by atomic mass is 32.1. The Labute approximate surface area is 120 Å². The van der Waals surface area contributed by atoms with Crippen molar-refractivity contribution in [2.75, 3.05) is 6.61 Å². The van der Waals surface area contributed by atoms with Crippen molar-refractivity contribution in [3.8, 4) is 11.8 Å². The molecular weight excluding hydrogens is 280 g/mol. The smallest absolute Gasteiger partial charge is 0.317 e. The first kappa shape index (κ1) is 15.9. The number of hydrogen-bond donors (Lipinski definition) is 1. The predicted octanol–water partition coefficient (Wildman–Crippen LogP) is 2.10. The van der Waals surface area contributed by atoms with Gasteiger partial charge in [0.15, 0.2) is 5.78 Å². The molecule has 0 aliphatic rings. The summed E-state index contributed by atoms with van der Waals surface area (Å²) in [6.07, 6.45) is -0.194. The second kappa shape index (κ2) is 8.12. The topological polar surface area (TPSA) is 80.7 Å². The van der Waals surface area contributed by atoms with Crippen LogP contribution in [-0.4, -0.2) is 29.4 Å². The first-order chi connectivity index (χ1) is 9.52. The first-order valence-electron chi connectivity index (χ1n) is 6.02. The summed E-state index contributed by atoms with van der Waals surface area (Å²) in [5.74, 6) is 3.85. The van der Waals surface area contributed by atoms with E-state index in [1.54, 1.807) is 19.1 Å². The Morgan fingerprint density at radius 2 is 2.05 bits per heavy atom. The number of carboxylic acid groups (broad SMARTS) is 1. The number of hydrogen-bond acceptors (Lipinski definition) is 5. The molecule has 1 rings (SSSR count). The minimum Gasteiger partial charge on any atom is -0.481 e. The number of carbonyl (C=O) groups is 3. The molecule has 1 heterocycles. The minimum absolute atomic E-state index is 0.00797. The molecule has 0 saturated heterocycles. The molecule has 1 aromatic heterocycles. The SMILES string of the molecule is CCOC(=O)CC#Cc1ccc(C(=O)CCC(=O)O)s1. The Bertz CT molecular complexity index is 562. The van der Waals surface area contributed by atoms with Crippen LogP contribution < -0.4 is 0 Å². The third-order valence-corrected chi connectivity index (χ3v) is 3.24. The molecule has 0 aromatic carbocycles. The molecule has 0 amide bonds. The van der Waals surface area contributed by atoms with E-state index in [0.29, 0.717) is 16.4 Å². The Balaban J connectivity index is 2.55. The Kier molecular flexibility index (Phi) is 6.47. The molecule has 0 aliphatic carbocycles. The molecule has 1 N–H and O–H groups in total. The highest BCUT2D eigenvalue weighted by Gasteiger charge is 2.10. The van der Waals surface area contributed by atoms with Gasteiger partial charge in [0.1, 0.15) is 6.42 Å². The Morgan fingerprint density at radius 3 is 2.70 bits per heavy atom. The lowest BCUT2D eigenvalue weighted by Gasteiger charge is -1.94. The fourth-order valence-electron chi connectivity index (χ4n) is 1.31. The largest absolute Gasteiger partial charge is 0.481 e. The zero-order valence-corrected chi connectivity index (χ0v) is 11.8. The van der Waals surface area contributed by atoms with Gasteiger partial charge >= 0.3 is 11.9 Å². The van der Waals surface area contributed by atoms with Gasteiger partial charge in [0, 0.05) is 6.42 Å². The monoisotopic (exact) mass is 294 g/mol. The fourth-order valence-corrected chi connectivity index (χ4v) is 2.16. The molecule has 0 radical (unpaired) electrons. The van der Waals surface area contributed by atoms with Crippen LogP contribution in [0, 0.1) is 11.8 Å². The zero-order chi connectivity index (χ0) is 15.0. The van der Waals surface area contributed by atoms with Gasteiger partial charge in [0.05, 0.1) is 22.8 Å². The Morgan fingerprint density at radius 1 is 1.30 bits per heavy atom.